The Labute approximate surface area is 192 Å². The van der Waals surface area contributed by atoms with Crippen LogP contribution < -0.4 is 15.3 Å². The molecule has 186 valence electrons. The zero-order valence-corrected chi connectivity index (χ0v) is 24.5. The average Bonchev–Trinajstić information content (AvgIpc) is 2.44. The van der Waals surface area contributed by atoms with Gasteiger partial charge in [0.25, 0.3) is 0 Å². The van der Waals surface area contributed by atoms with Crippen molar-refractivity contribution >= 4 is 8.53 Å². The van der Waals surface area contributed by atoms with Gasteiger partial charge < -0.3 is 24.3 Å². The Hall–Kier alpha value is 0.230. The maximum Gasteiger partial charge on any atom is 0.0910 e. The van der Waals surface area contributed by atoms with Crippen LogP contribution in [0.4, 0.5) is 0 Å². The average molecular weight is 452 g/mol. The fourth-order valence-corrected chi connectivity index (χ4v) is 6.25. The van der Waals surface area contributed by atoms with Gasteiger partial charge in [-0.05, 0) is 111 Å². The highest BCUT2D eigenvalue weighted by Gasteiger charge is 2.47. The second-order valence-corrected chi connectivity index (χ2v) is 12.7. The third-order valence-electron chi connectivity index (χ3n) is 7.30. The molecule has 0 aromatic rings. The number of hydrogen-bond donors (Lipinski definition) is 1. The second kappa shape index (κ2) is 12.5. The highest BCUT2D eigenvalue weighted by molar-refractivity contribution is 7.39. The Balaban J connectivity index is -0.000000412. The van der Waals surface area contributed by atoms with Gasteiger partial charge in [0.05, 0.1) is 48.3 Å². The van der Waals surface area contributed by atoms with Crippen LogP contribution in [0.3, 0.4) is 0 Å². The summed E-state index contributed by atoms with van der Waals surface area (Å²) in [5.41, 5.74) is 5.41. The lowest BCUT2D eigenvalue weighted by molar-refractivity contribution is -1.01. The fourth-order valence-electron chi connectivity index (χ4n) is 6.25. The van der Waals surface area contributed by atoms with Gasteiger partial charge in [0.1, 0.15) is 0 Å². The molecule has 5 nitrogen and oxygen atoms in total. The van der Waals surface area contributed by atoms with Crippen molar-refractivity contribution in [3.8, 4) is 0 Å². The standard InChI is InChI=1S/2C12H28N.H2NO2P/c2*1-9-13(10-2,11(3,4)5)12(6,7)8;1-4(2)3/h2*9-10H2,1-8H3;1H2/q2*+1;-2. The van der Waals surface area contributed by atoms with E-state index < -0.39 is 8.53 Å². The number of quaternary nitrogens is 2. The van der Waals surface area contributed by atoms with Gasteiger partial charge in [-0.1, -0.05) is 0 Å². The van der Waals surface area contributed by atoms with Crippen LogP contribution in [-0.4, -0.2) is 57.3 Å². The Kier molecular flexibility index (Phi) is 14.5. The summed E-state index contributed by atoms with van der Waals surface area (Å²) >= 11 is 0. The molecule has 0 saturated carbocycles. The molecule has 0 saturated heterocycles. The van der Waals surface area contributed by atoms with E-state index in [1.54, 1.807) is 0 Å². The SMILES string of the molecule is CC[N+](CC)(C(C)(C)C)C(C)(C)C.CC[N+](CC)(C(C)(C)C)C(C)(C)C.NP([O-])[O-]. The minimum Gasteiger partial charge on any atom is -0.830 e. The van der Waals surface area contributed by atoms with Crippen molar-refractivity contribution in [1.29, 1.82) is 0 Å². The molecular formula is C24H58N3O2P. The highest BCUT2D eigenvalue weighted by Crippen LogP contribution is 2.35. The Morgan fingerprint density at radius 2 is 0.600 bits per heavy atom. The molecule has 2 N–H and O–H groups in total. The third-order valence-corrected chi connectivity index (χ3v) is 7.30. The van der Waals surface area contributed by atoms with Gasteiger partial charge in [-0.25, -0.2) is 8.53 Å². The Morgan fingerprint density at radius 1 is 0.500 bits per heavy atom. The van der Waals surface area contributed by atoms with Crippen LogP contribution >= 0.6 is 8.53 Å². The topological polar surface area (TPSA) is 72.1 Å². The van der Waals surface area contributed by atoms with E-state index in [1.165, 1.54) is 35.1 Å². The predicted octanol–water partition coefficient (Wildman–Crippen LogP) is 4.77. The zero-order chi connectivity index (χ0) is 25.4. The molecule has 0 aliphatic heterocycles. The molecule has 0 radical (unpaired) electrons. The normalized spacial score (nSPS) is 14.0. The smallest absolute Gasteiger partial charge is 0.0910 e. The first kappa shape index (κ1) is 34.8. The largest absolute Gasteiger partial charge is 0.830 e. The van der Waals surface area contributed by atoms with Crippen molar-refractivity contribution in [3.63, 3.8) is 0 Å². The van der Waals surface area contributed by atoms with Gasteiger partial charge in [-0.3, -0.25) is 0 Å². The van der Waals surface area contributed by atoms with Gasteiger partial charge >= 0.3 is 0 Å². The number of hydrogen-bond acceptors (Lipinski definition) is 3. The third kappa shape index (κ3) is 9.00. The first-order valence-electron chi connectivity index (χ1n) is 11.6. The minimum atomic E-state index is -2.62. The zero-order valence-electron chi connectivity index (χ0n) is 23.6. The summed E-state index contributed by atoms with van der Waals surface area (Å²) < 4.78 is 2.36. The molecule has 0 amide bonds. The molecule has 0 bridgehead atoms. The maximum atomic E-state index is 8.81. The van der Waals surface area contributed by atoms with Crippen LogP contribution in [0.5, 0.6) is 0 Å². The summed E-state index contributed by atoms with van der Waals surface area (Å²) in [6.07, 6.45) is 0. The Morgan fingerprint density at radius 3 is 0.600 bits per heavy atom. The Bertz CT molecular complexity index is 370. The molecular weight excluding hydrogens is 393 g/mol. The molecule has 0 aliphatic rings. The van der Waals surface area contributed by atoms with E-state index in [9.17, 15) is 0 Å². The van der Waals surface area contributed by atoms with Crippen LogP contribution in [-0.2, 0) is 0 Å². The molecule has 30 heavy (non-hydrogen) atoms. The quantitative estimate of drug-likeness (QED) is 0.494. The van der Waals surface area contributed by atoms with Gasteiger partial charge in [0.2, 0.25) is 0 Å². The second-order valence-electron chi connectivity index (χ2n) is 12.2. The molecule has 0 heterocycles. The monoisotopic (exact) mass is 451 g/mol. The van der Waals surface area contributed by atoms with Crippen LogP contribution in [0, 0.1) is 0 Å². The van der Waals surface area contributed by atoms with Gasteiger partial charge in [-0.15, -0.1) is 0 Å². The molecule has 0 fully saturated rings. The molecule has 0 spiro atoms. The van der Waals surface area contributed by atoms with Gasteiger partial charge in [0, 0.05) is 0 Å². The summed E-state index contributed by atoms with van der Waals surface area (Å²) in [6, 6.07) is 0. The van der Waals surface area contributed by atoms with Crippen molar-refractivity contribution in [1.82, 2.24) is 0 Å². The summed E-state index contributed by atoms with van der Waals surface area (Å²) in [4.78, 5) is 17.6. The lowest BCUT2D eigenvalue weighted by Crippen LogP contribution is -2.68. The lowest BCUT2D eigenvalue weighted by atomic mass is 9.90. The summed E-state index contributed by atoms with van der Waals surface area (Å²) in [7, 11) is -2.62. The first-order chi connectivity index (χ1) is 13.0. The lowest BCUT2D eigenvalue weighted by Gasteiger charge is -2.56. The van der Waals surface area contributed by atoms with Crippen LogP contribution in [0.25, 0.3) is 0 Å². The minimum absolute atomic E-state index is 0.335. The predicted molar refractivity (Wildman–Crippen MR) is 133 cm³/mol. The van der Waals surface area contributed by atoms with Crippen LogP contribution in [0.1, 0.15) is 111 Å². The van der Waals surface area contributed by atoms with E-state index in [4.69, 9.17) is 9.79 Å². The van der Waals surface area contributed by atoms with Crippen molar-refractivity contribution in [2.24, 2.45) is 5.50 Å². The van der Waals surface area contributed by atoms with E-state index in [-0.39, 0.29) is 0 Å². The highest BCUT2D eigenvalue weighted by atomic mass is 31.2. The molecule has 0 atom stereocenters. The number of nitrogens with zero attached hydrogens (tertiary/aromatic N) is 2. The van der Waals surface area contributed by atoms with Gasteiger partial charge in [-0.2, -0.15) is 0 Å². The molecule has 6 heteroatoms. The van der Waals surface area contributed by atoms with Crippen molar-refractivity contribution in [2.45, 2.75) is 133 Å². The molecule has 0 aromatic carbocycles. The van der Waals surface area contributed by atoms with E-state index in [0.717, 1.165) is 0 Å². The maximum absolute atomic E-state index is 8.81. The van der Waals surface area contributed by atoms with Crippen LogP contribution in [0.2, 0.25) is 0 Å². The van der Waals surface area contributed by atoms with Crippen molar-refractivity contribution in [2.75, 3.05) is 26.2 Å². The molecule has 0 aliphatic carbocycles. The van der Waals surface area contributed by atoms with Crippen molar-refractivity contribution < 1.29 is 18.8 Å². The summed E-state index contributed by atoms with van der Waals surface area (Å²) in [5.74, 6) is 0. The van der Waals surface area contributed by atoms with Gasteiger partial charge in [0.15, 0.2) is 0 Å². The summed E-state index contributed by atoms with van der Waals surface area (Å²) in [6.45, 7) is 42.3. The number of rotatable bonds is 4. The van der Waals surface area contributed by atoms with Crippen LogP contribution in [0.15, 0.2) is 0 Å². The molecule has 0 aromatic heterocycles. The molecule has 0 unspecified atom stereocenters. The van der Waals surface area contributed by atoms with E-state index in [1.807, 2.05) is 0 Å². The number of nitrogens with two attached hydrogens (primary N) is 1. The van der Waals surface area contributed by atoms with Crippen molar-refractivity contribution in [3.05, 3.63) is 0 Å². The molecule has 0 rings (SSSR count). The fraction of sp³-hybridized carbons (Fsp3) is 1.00. The van der Waals surface area contributed by atoms with E-state index in [2.05, 4.69) is 116 Å². The summed E-state index contributed by atoms with van der Waals surface area (Å²) in [5, 5.41) is 0. The van der Waals surface area contributed by atoms with E-state index in [0.29, 0.717) is 22.2 Å². The van der Waals surface area contributed by atoms with E-state index >= 15 is 0 Å². The first-order valence-corrected chi connectivity index (χ1v) is 12.9.